The van der Waals surface area contributed by atoms with E-state index in [-0.39, 0.29) is 11.7 Å². The molecule has 0 saturated carbocycles. The highest BCUT2D eigenvalue weighted by Gasteiger charge is 2.13. The van der Waals surface area contributed by atoms with E-state index in [4.69, 9.17) is 16.3 Å². The van der Waals surface area contributed by atoms with Crippen LogP contribution >= 0.6 is 23.4 Å². The van der Waals surface area contributed by atoms with Gasteiger partial charge in [-0.25, -0.2) is 10.1 Å². The van der Waals surface area contributed by atoms with Gasteiger partial charge in [0, 0.05) is 5.69 Å². The first-order valence-electron chi connectivity index (χ1n) is 7.73. The molecular formula is C17H14ClN5O2S. The van der Waals surface area contributed by atoms with Crippen molar-refractivity contribution in [1.82, 2.24) is 19.6 Å². The zero-order chi connectivity index (χ0) is 18.1. The molecule has 4 rings (SSSR count). The first kappa shape index (κ1) is 16.7. The van der Waals surface area contributed by atoms with Crippen molar-refractivity contribution >= 4 is 51.8 Å². The second-order valence-corrected chi connectivity index (χ2v) is 6.80. The number of fused-ring (bicyclic) bond motifs is 3. The summed E-state index contributed by atoms with van der Waals surface area (Å²) in [5, 5.41) is 11.1. The molecule has 2 heterocycles. The number of hydrogen-bond donors (Lipinski definition) is 2. The summed E-state index contributed by atoms with van der Waals surface area (Å²) in [5.74, 6) is 1.26. The molecule has 0 atom stereocenters. The van der Waals surface area contributed by atoms with Crippen LogP contribution in [-0.2, 0) is 4.79 Å². The Bertz CT molecular complexity index is 1110. The Morgan fingerprint density at radius 3 is 3.00 bits per heavy atom. The molecule has 0 fully saturated rings. The van der Waals surface area contributed by atoms with Gasteiger partial charge < -0.3 is 10.1 Å². The Hall–Kier alpha value is -2.71. The molecule has 0 saturated heterocycles. The Morgan fingerprint density at radius 1 is 1.35 bits per heavy atom. The molecule has 132 valence electrons. The number of aromatic amines is 1. The van der Waals surface area contributed by atoms with Gasteiger partial charge in [0.15, 0.2) is 5.16 Å². The number of halogens is 1. The molecular weight excluding hydrogens is 374 g/mol. The Labute approximate surface area is 157 Å². The third-order valence-electron chi connectivity index (χ3n) is 3.77. The molecule has 0 aliphatic rings. The minimum Gasteiger partial charge on any atom is -0.495 e. The number of amides is 1. The minimum absolute atomic E-state index is 0.156. The summed E-state index contributed by atoms with van der Waals surface area (Å²) in [6, 6.07) is 12.9. The van der Waals surface area contributed by atoms with Crippen molar-refractivity contribution < 1.29 is 9.53 Å². The number of nitrogens with one attached hydrogen (secondary N) is 2. The van der Waals surface area contributed by atoms with Crippen LogP contribution < -0.4 is 10.1 Å². The zero-order valence-corrected chi connectivity index (χ0v) is 15.3. The number of para-hydroxylation sites is 2. The van der Waals surface area contributed by atoms with E-state index in [1.54, 1.807) is 25.3 Å². The number of hydrogen-bond acceptors (Lipinski definition) is 5. The topological polar surface area (TPSA) is 84.3 Å². The van der Waals surface area contributed by atoms with Crippen LogP contribution in [0.25, 0.3) is 16.8 Å². The number of aromatic nitrogens is 4. The smallest absolute Gasteiger partial charge is 0.234 e. The summed E-state index contributed by atoms with van der Waals surface area (Å²) in [4.78, 5) is 16.7. The highest BCUT2D eigenvalue weighted by molar-refractivity contribution is 7.99. The number of imidazole rings is 1. The number of carbonyl (C=O) groups excluding carboxylic acids is 1. The predicted molar refractivity (Wildman–Crippen MR) is 102 cm³/mol. The van der Waals surface area contributed by atoms with Crippen molar-refractivity contribution in [3.63, 3.8) is 0 Å². The van der Waals surface area contributed by atoms with Gasteiger partial charge in [-0.2, -0.15) is 0 Å². The number of anilines is 1. The van der Waals surface area contributed by atoms with Crippen molar-refractivity contribution in [2.24, 2.45) is 0 Å². The van der Waals surface area contributed by atoms with Gasteiger partial charge in [0.25, 0.3) is 0 Å². The van der Waals surface area contributed by atoms with Crippen molar-refractivity contribution in [1.29, 1.82) is 0 Å². The molecule has 0 spiro atoms. The monoisotopic (exact) mass is 387 g/mol. The van der Waals surface area contributed by atoms with E-state index in [1.807, 2.05) is 28.7 Å². The van der Waals surface area contributed by atoms with E-state index in [1.165, 1.54) is 11.8 Å². The molecule has 26 heavy (non-hydrogen) atoms. The fraction of sp³-hybridized carbons (Fsp3) is 0.118. The third kappa shape index (κ3) is 3.09. The lowest BCUT2D eigenvalue weighted by Gasteiger charge is -2.07. The van der Waals surface area contributed by atoms with Crippen LogP contribution in [0.1, 0.15) is 0 Å². The Kier molecular flexibility index (Phi) is 4.44. The number of nitrogens with zero attached hydrogens (tertiary/aromatic N) is 3. The Balaban J connectivity index is 1.48. The van der Waals surface area contributed by atoms with Crippen LogP contribution in [-0.4, -0.2) is 38.4 Å². The van der Waals surface area contributed by atoms with Gasteiger partial charge in [-0.15, -0.1) is 5.10 Å². The maximum Gasteiger partial charge on any atom is 0.234 e. The molecule has 2 aromatic carbocycles. The largest absolute Gasteiger partial charge is 0.495 e. The van der Waals surface area contributed by atoms with Crippen molar-refractivity contribution in [3.05, 3.63) is 47.5 Å². The first-order valence-corrected chi connectivity index (χ1v) is 9.10. The van der Waals surface area contributed by atoms with Gasteiger partial charge in [-0.05, 0) is 30.3 Å². The van der Waals surface area contributed by atoms with Gasteiger partial charge >= 0.3 is 0 Å². The fourth-order valence-corrected chi connectivity index (χ4v) is 3.62. The van der Waals surface area contributed by atoms with Gasteiger partial charge in [0.05, 0.1) is 28.9 Å². The van der Waals surface area contributed by atoms with E-state index in [2.05, 4.69) is 20.5 Å². The van der Waals surface area contributed by atoms with Crippen LogP contribution in [0, 0.1) is 0 Å². The number of benzene rings is 2. The van der Waals surface area contributed by atoms with Crippen LogP contribution in [0.5, 0.6) is 5.75 Å². The SMILES string of the molecule is COc1ccc(NC(=O)CSc2n[nH]c3nc4ccccc4n23)cc1Cl. The van der Waals surface area contributed by atoms with E-state index < -0.39 is 0 Å². The number of rotatable bonds is 5. The van der Waals surface area contributed by atoms with Crippen molar-refractivity contribution in [2.75, 3.05) is 18.2 Å². The third-order valence-corrected chi connectivity index (χ3v) is 5.01. The van der Waals surface area contributed by atoms with E-state index >= 15 is 0 Å². The number of ether oxygens (including phenoxy) is 1. The maximum atomic E-state index is 12.2. The highest BCUT2D eigenvalue weighted by Crippen LogP contribution is 2.27. The maximum absolute atomic E-state index is 12.2. The van der Waals surface area contributed by atoms with Crippen LogP contribution in [0.4, 0.5) is 5.69 Å². The lowest BCUT2D eigenvalue weighted by atomic mass is 10.3. The summed E-state index contributed by atoms with van der Waals surface area (Å²) in [5.41, 5.74) is 2.43. The summed E-state index contributed by atoms with van der Waals surface area (Å²) in [6.45, 7) is 0. The Morgan fingerprint density at radius 2 is 2.19 bits per heavy atom. The molecule has 0 unspecified atom stereocenters. The van der Waals surface area contributed by atoms with Crippen LogP contribution in [0.3, 0.4) is 0 Å². The molecule has 0 aliphatic carbocycles. The second-order valence-electron chi connectivity index (χ2n) is 5.45. The second kappa shape index (κ2) is 6.89. The van der Waals surface area contributed by atoms with E-state index in [0.717, 1.165) is 11.0 Å². The normalized spacial score (nSPS) is 11.2. The highest BCUT2D eigenvalue weighted by atomic mass is 35.5. The van der Waals surface area contributed by atoms with E-state index in [0.29, 0.717) is 27.4 Å². The average Bonchev–Trinajstić information content (AvgIpc) is 3.19. The molecule has 0 aliphatic heterocycles. The van der Waals surface area contributed by atoms with Gasteiger partial charge in [0.2, 0.25) is 11.7 Å². The minimum atomic E-state index is -0.156. The molecule has 1 amide bonds. The van der Waals surface area contributed by atoms with E-state index in [9.17, 15) is 4.79 Å². The molecule has 7 nitrogen and oxygen atoms in total. The lowest BCUT2D eigenvalue weighted by Crippen LogP contribution is -2.14. The van der Waals surface area contributed by atoms with Crippen molar-refractivity contribution in [3.8, 4) is 5.75 Å². The number of H-pyrrole nitrogens is 1. The van der Waals surface area contributed by atoms with Gasteiger partial charge in [0.1, 0.15) is 5.75 Å². The van der Waals surface area contributed by atoms with Crippen molar-refractivity contribution in [2.45, 2.75) is 5.16 Å². The molecule has 4 aromatic rings. The van der Waals surface area contributed by atoms with Crippen LogP contribution in [0.15, 0.2) is 47.6 Å². The number of methoxy groups -OCH3 is 1. The molecule has 2 aromatic heterocycles. The summed E-state index contributed by atoms with van der Waals surface area (Å²) in [7, 11) is 1.54. The predicted octanol–water partition coefficient (Wildman–Crippen LogP) is 3.60. The number of thioether (sulfide) groups is 1. The summed E-state index contributed by atoms with van der Waals surface area (Å²) in [6.07, 6.45) is 0. The average molecular weight is 388 g/mol. The van der Waals surface area contributed by atoms with Gasteiger partial charge in [-0.1, -0.05) is 35.5 Å². The molecule has 2 N–H and O–H groups in total. The van der Waals surface area contributed by atoms with Crippen LogP contribution in [0.2, 0.25) is 5.02 Å². The fourth-order valence-electron chi connectivity index (χ4n) is 2.61. The summed E-state index contributed by atoms with van der Waals surface area (Å²) >= 11 is 7.40. The van der Waals surface area contributed by atoms with Gasteiger partial charge in [-0.3, -0.25) is 9.20 Å². The zero-order valence-electron chi connectivity index (χ0n) is 13.7. The molecule has 0 radical (unpaired) electrons. The lowest BCUT2D eigenvalue weighted by molar-refractivity contribution is -0.113. The number of carbonyl (C=O) groups is 1. The molecule has 0 bridgehead atoms. The summed E-state index contributed by atoms with van der Waals surface area (Å²) < 4.78 is 7.00. The first-order chi connectivity index (χ1) is 12.7. The standard InChI is InChI=1S/C17H14ClN5O2S/c1-25-14-7-6-10(8-11(14)18)19-15(24)9-26-17-22-21-16-20-12-4-2-3-5-13(12)23(16)17/h2-8H,9H2,1H3,(H,19,24)(H,20,21). The molecule has 9 heteroatoms. The quantitative estimate of drug-likeness (QED) is 0.511.